The summed E-state index contributed by atoms with van der Waals surface area (Å²) in [7, 11) is 0. The van der Waals surface area contributed by atoms with Crippen LogP contribution in [0.5, 0.6) is 5.75 Å². The van der Waals surface area contributed by atoms with Gasteiger partial charge in [0.1, 0.15) is 17.6 Å². The van der Waals surface area contributed by atoms with Gasteiger partial charge in [-0.2, -0.15) is 0 Å². The number of alkyl halides is 2. The van der Waals surface area contributed by atoms with E-state index in [9.17, 15) is 18.3 Å². The van der Waals surface area contributed by atoms with Crippen LogP contribution in [-0.4, -0.2) is 42.6 Å². The van der Waals surface area contributed by atoms with Crippen molar-refractivity contribution in [1.82, 2.24) is 10.2 Å². The van der Waals surface area contributed by atoms with Crippen LogP contribution in [0, 0.1) is 5.82 Å². The van der Waals surface area contributed by atoms with Crippen molar-refractivity contribution in [2.75, 3.05) is 26.2 Å². The number of aromatic hydroxyl groups is 1. The molecule has 0 bridgehead atoms. The van der Waals surface area contributed by atoms with Crippen molar-refractivity contribution in [2.45, 2.75) is 12.5 Å². The second-order valence-corrected chi connectivity index (χ2v) is 5.21. The minimum absolute atomic E-state index is 0. The largest absolute Gasteiger partial charge is 0.506 e. The van der Waals surface area contributed by atoms with Gasteiger partial charge >= 0.3 is 0 Å². The number of benzene rings is 1. The number of hydrogen-bond acceptors (Lipinski definition) is 3. The Morgan fingerprint density at radius 2 is 1.76 bits per heavy atom. The summed E-state index contributed by atoms with van der Waals surface area (Å²) < 4.78 is 40.7. The van der Waals surface area contributed by atoms with E-state index in [0.717, 1.165) is 6.07 Å². The van der Waals surface area contributed by atoms with E-state index in [1.54, 1.807) is 0 Å². The quantitative estimate of drug-likeness (QED) is 0.800. The van der Waals surface area contributed by atoms with Gasteiger partial charge < -0.3 is 10.4 Å². The van der Waals surface area contributed by atoms with Crippen LogP contribution in [0.3, 0.4) is 0 Å². The highest BCUT2D eigenvalue weighted by atomic mass is 79.9. The number of phenolic OH excluding ortho intramolecular Hbond substituents is 1. The highest BCUT2D eigenvalue weighted by Crippen LogP contribution is 2.39. The zero-order chi connectivity index (χ0) is 14.0. The first-order valence-corrected chi connectivity index (χ1v) is 6.71. The van der Waals surface area contributed by atoms with Crippen molar-refractivity contribution in [3.63, 3.8) is 0 Å². The minimum atomic E-state index is -2.77. The molecule has 2 rings (SSSR count). The molecular formula is C12H16BrCl2F3N2O. The molecule has 1 aliphatic rings. The molecule has 21 heavy (non-hydrogen) atoms. The fourth-order valence-electron chi connectivity index (χ4n) is 2.27. The normalized spacial score (nSPS) is 17.0. The second-order valence-electron chi connectivity index (χ2n) is 4.36. The van der Waals surface area contributed by atoms with E-state index in [1.807, 2.05) is 0 Å². The lowest BCUT2D eigenvalue weighted by Gasteiger charge is -2.35. The molecule has 0 amide bonds. The van der Waals surface area contributed by atoms with Crippen LogP contribution in [0.2, 0.25) is 0 Å². The van der Waals surface area contributed by atoms with E-state index in [2.05, 4.69) is 21.2 Å². The maximum absolute atomic E-state index is 13.8. The molecule has 1 saturated heterocycles. The van der Waals surface area contributed by atoms with Gasteiger partial charge in [-0.05, 0) is 28.1 Å². The summed E-state index contributed by atoms with van der Waals surface area (Å²) in [6.07, 6.45) is -2.77. The van der Waals surface area contributed by atoms with E-state index < -0.39 is 24.0 Å². The summed E-state index contributed by atoms with van der Waals surface area (Å²) in [5.41, 5.74) is -0.341. The van der Waals surface area contributed by atoms with Gasteiger partial charge in [0.05, 0.1) is 10.0 Å². The standard InChI is InChI=1S/C12H14BrF3N2O.2ClH/c13-7-1-2-8(14)9(11(7)19)10(12(15)16)18-5-3-17-4-6-18;;/h1-2,10,12,17,19H,3-6H2;2*1H/t10-;;/m1../s1. The predicted molar refractivity (Wildman–Crippen MR) is 83.4 cm³/mol. The molecule has 0 aliphatic carbocycles. The minimum Gasteiger partial charge on any atom is -0.506 e. The van der Waals surface area contributed by atoms with Gasteiger partial charge in [-0.1, -0.05) is 0 Å². The van der Waals surface area contributed by atoms with Gasteiger partial charge in [0.25, 0.3) is 6.43 Å². The molecule has 2 N–H and O–H groups in total. The molecule has 0 unspecified atom stereocenters. The third-order valence-corrected chi connectivity index (χ3v) is 3.83. The lowest BCUT2D eigenvalue weighted by molar-refractivity contribution is 0.0151. The van der Waals surface area contributed by atoms with Crippen LogP contribution in [0.15, 0.2) is 16.6 Å². The number of piperazine rings is 1. The Morgan fingerprint density at radius 3 is 2.29 bits per heavy atom. The van der Waals surface area contributed by atoms with E-state index in [0.29, 0.717) is 26.2 Å². The Kier molecular flexibility index (Phi) is 8.96. The van der Waals surface area contributed by atoms with Crippen LogP contribution in [-0.2, 0) is 0 Å². The van der Waals surface area contributed by atoms with Crippen molar-refractivity contribution < 1.29 is 18.3 Å². The first kappa shape index (κ1) is 20.8. The summed E-state index contributed by atoms with van der Waals surface area (Å²) in [5.74, 6) is -1.27. The molecule has 9 heteroatoms. The maximum Gasteiger partial charge on any atom is 0.258 e. The molecule has 0 aromatic heterocycles. The number of nitrogens with one attached hydrogen (secondary N) is 1. The van der Waals surface area contributed by atoms with Crippen molar-refractivity contribution in [2.24, 2.45) is 0 Å². The number of nitrogens with zero attached hydrogens (tertiary/aromatic N) is 1. The Morgan fingerprint density at radius 1 is 1.19 bits per heavy atom. The van der Waals surface area contributed by atoms with Crippen LogP contribution in [0.25, 0.3) is 0 Å². The monoisotopic (exact) mass is 410 g/mol. The number of phenols is 1. The van der Waals surface area contributed by atoms with E-state index in [4.69, 9.17) is 0 Å². The van der Waals surface area contributed by atoms with Crippen LogP contribution >= 0.6 is 40.7 Å². The fourth-order valence-corrected chi connectivity index (χ4v) is 2.61. The van der Waals surface area contributed by atoms with Gasteiger partial charge in [0.2, 0.25) is 0 Å². The highest BCUT2D eigenvalue weighted by Gasteiger charge is 2.34. The Labute approximate surface area is 141 Å². The summed E-state index contributed by atoms with van der Waals surface area (Å²) in [5, 5.41) is 12.9. The van der Waals surface area contributed by atoms with Gasteiger partial charge in [-0.15, -0.1) is 24.8 Å². The van der Waals surface area contributed by atoms with Crippen molar-refractivity contribution in [1.29, 1.82) is 0 Å². The first-order chi connectivity index (χ1) is 9.02. The zero-order valence-electron chi connectivity index (χ0n) is 10.9. The molecule has 1 aromatic carbocycles. The highest BCUT2D eigenvalue weighted by molar-refractivity contribution is 9.10. The third kappa shape index (κ3) is 4.63. The number of rotatable bonds is 3. The van der Waals surface area contributed by atoms with Crippen molar-refractivity contribution in [3.8, 4) is 5.75 Å². The van der Waals surface area contributed by atoms with E-state index in [-0.39, 0.29) is 34.9 Å². The summed E-state index contributed by atoms with van der Waals surface area (Å²) in [4.78, 5) is 1.49. The van der Waals surface area contributed by atoms with Crippen molar-refractivity contribution in [3.05, 3.63) is 28.0 Å². The maximum atomic E-state index is 13.8. The molecule has 3 nitrogen and oxygen atoms in total. The van der Waals surface area contributed by atoms with Gasteiger partial charge in [-0.25, -0.2) is 13.2 Å². The Hall–Kier alpha value is -0.210. The Balaban J connectivity index is 0.00000200. The van der Waals surface area contributed by atoms with Crippen molar-refractivity contribution >= 4 is 40.7 Å². The van der Waals surface area contributed by atoms with E-state index in [1.165, 1.54) is 11.0 Å². The summed E-state index contributed by atoms with van der Waals surface area (Å²) in [6.45, 7) is 1.92. The smallest absolute Gasteiger partial charge is 0.258 e. The Bertz CT molecular complexity index is 462. The summed E-state index contributed by atoms with van der Waals surface area (Å²) in [6, 6.07) is 0.949. The molecule has 1 atom stereocenters. The fraction of sp³-hybridized carbons (Fsp3) is 0.500. The molecule has 122 valence electrons. The molecule has 0 saturated carbocycles. The average Bonchev–Trinajstić information content (AvgIpc) is 2.39. The SMILES string of the molecule is Cl.Cl.Oc1c(Br)ccc(F)c1[C@H](C(F)F)N1CCNCC1. The van der Waals surface area contributed by atoms with Crippen LogP contribution < -0.4 is 5.32 Å². The molecule has 0 radical (unpaired) electrons. The predicted octanol–water partition coefficient (Wildman–Crippen LogP) is 3.35. The second kappa shape index (κ2) is 9.05. The topological polar surface area (TPSA) is 35.5 Å². The molecule has 1 aliphatic heterocycles. The number of hydrogen-bond donors (Lipinski definition) is 2. The van der Waals surface area contributed by atoms with E-state index >= 15 is 0 Å². The summed E-state index contributed by atoms with van der Waals surface area (Å²) >= 11 is 3.03. The van der Waals surface area contributed by atoms with Gasteiger partial charge in [0.15, 0.2) is 0 Å². The first-order valence-electron chi connectivity index (χ1n) is 5.92. The third-order valence-electron chi connectivity index (χ3n) is 3.19. The molecule has 1 fully saturated rings. The lowest BCUT2D eigenvalue weighted by Crippen LogP contribution is -2.47. The molecule has 1 aromatic rings. The molecular weight excluding hydrogens is 396 g/mol. The average molecular weight is 412 g/mol. The van der Waals surface area contributed by atoms with Crippen LogP contribution in [0.1, 0.15) is 11.6 Å². The molecule has 1 heterocycles. The van der Waals surface area contributed by atoms with Gasteiger partial charge in [-0.3, -0.25) is 4.90 Å². The number of halogens is 6. The molecule has 0 spiro atoms. The zero-order valence-corrected chi connectivity index (χ0v) is 14.1. The van der Waals surface area contributed by atoms with Crippen LogP contribution in [0.4, 0.5) is 13.2 Å². The van der Waals surface area contributed by atoms with Gasteiger partial charge in [0, 0.05) is 26.2 Å². The lowest BCUT2D eigenvalue weighted by atomic mass is 10.0.